The molecule has 94 valence electrons. The van der Waals surface area contributed by atoms with Crippen molar-refractivity contribution in [3.8, 4) is 5.75 Å². The highest BCUT2D eigenvalue weighted by Crippen LogP contribution is 2.48. The molecule has 1 atom stereocenters. The van der Waals surface area contributed by atoms with Crippen molar-refractivity contribution in [1.29, 1.82) is 0 Å². The van der Waals surface area contributed by atoms with Crippen LogP contribution in [0.5, 0.6) is 5.75 Å². The Balaban J connectivity index is 2.21. The number of benzene rings is 1. The van der Waals surface area contributed by atoms with Crippen LogP contribution in [0.15, 0.2) is 22.7 Å². The lowest BCUT2D eigenvalue weighted by Gasteiger charge is -2.27. The molecule has 1 nitrogen and oxygen atoms in total. The molecule has 1 aliphatic rings. The van der Waals surface area contributed by atoms with Gasteiger partial charge in [-0.2, -0.15) is 0 Å². The van der Waals surface area contributed by atoms with E-state index in [-0.39, 0.29) is 5.41 Å². The van der Waals surface area contributed by atoms with Crippen molar-refractivity contribution in [1.82, 2.24) is 0 Å². The Bertz CT molecular complexity index is 403. The van der Waals surface area contributed by atoms with Gasteiger partial charge in [0.2, 0.25) is 0 Å². The molecule has 1 fully saturated rings. The first kappa shape index (κ1) is 13.2. The zero-order valence-corrected chi connectivity index (χ0v) is 12.6. The normalized spacial score (nSPS) is 18.8. The van der Waals surface area contributed by atoms with E-state index in [1.807, 2.05) is 6.07 Å². The zero-order valence-electron chi connectivity index (χ0n) is 10.3. The molecular weight excluding hydrogens is 300 g/mol. The molecule has 0 bridgehead atoms. The second-order valence-corrected chi connectivity index (χ2v) is 6.32. The average Bonchev–Trinajstić information content (AvgIpc) is 3.16. The summed E-state index contributed by atoms with van der Waals surface area (Å²) in [6, 6.07) is 6.13. The molecule has 1 unspecified atom stereocenters. The SMILES string of the molecule is COc1ccc(Br)c(CC(C)(CCl)C2CC2)c1. The van der Waals surface area contributed by atoms with Crippen LogP contribution < -0.4 is 4.74 Å². The highest BCUT2D eigenvalue weighted by molar-refractivity contribution is 9.10. The standard InChI is InChI=1S/C14H18BrClO/c1-14(9-16,11-3-4-11)8-10-7-12(17-2)5-6-13(10)15/h5-7,11H,3-4,8-9H2,1-2H3. The molecule has 3 heteroatoms. The Labute approximate surface area is 117 Å². The molecule has 1 aromatic carbocycles. The van der Waals surface area contributed by atoms with Gasteiger partial charge in [0, 0.05) is 10.4 Å². The van der Waals surface area contributed by atoms with Crippen LogP contribution in [0, 0.1) is 11.3 Å². The summed E-state index contributed by atoms with van der Waals surface area (Å²) in [5, 5.41) is 0. The smallest absolute Gasteiger partial charge is 0.119 e. The predicted octanol–water partition coefficient (Wildman–Crippen LogP) is 4.66. The summed E-state index contributed by atoms with van der Waals surface area (Å²) >= 11 is 9.79. The number of ether oxygens (including phenoxy) is 1. The third-order valence-corrected chi connectivity index (χ3v) is 5.10. The van der Waals surface area contributed by atoms with E-state index < -0.39 is 0 Å². The van der Waals surface area contributed by atoms with Crippen LogP contribution in [0.1, 0.15) is 25.3 Å². The van der Waals surface area contributed by atoms with Crippen LogP contribution >= 0.6 is 27.5 Å². The minimum absolute atomic E-state index is 0.219. The zero-order chi connectivity index (χ0) is 12.5. The molecule has 0 spiro atoms. The maximum atomic E-state index is 6.17. The lowest BCUT2D eigenvalue weighted by atomic mass is 9.81. The first-order chi connectivity index (χ1) is 8.09. The number of methoxy groups -OCH3 is 1. The molecule has 0 amide bonds. The van der Waals surface area contributed by atoms with E-state index >= 15 is 0 Å². The summed E-state index contributed by atoms with van der Waals surface area (Å²) in [5.41, 5.74) is 1.51. The van der Waals surface area contributed by atoms with Crippen LogP contribution in [-0.4, -0.2) is 13.0 Å². The fraction of sp³-hybridized carbons (Fsp3) is 0.571. The molecule has 0 N–H and O–H groups in total. The van der Waals surface area contributed by atoms with Gasteiger partial charge in [-0.1, -0.05) is 22.9 Å². The topological polar surface area (TPSA) is 9.23 Å². The van der Waals surface area contributed by atoms with Crippen LogP contribution in [0.2, 0.25) is 0 Å². The Morgan fingerprint density at radius 1 is 1.47 bits per heavy atom. The van der Waals surface area contributed by atoms with Gasteiger partial charge in [-0.25, -0.2) is 0 Å². The summed E-state index contributed by atoms with van der Waals surface area (Å²) in [5.74, 6) is 2.43. The van der Waals surface area contributed by atoms with Gasteiger partial charge in [0.25, 0.3) is 0 Å². The summed E-state index contributed by atoms with van der Waals surface area (Å²) in [7, 11) is 1.70. The molecule has 0 heterocycles. The maximum Gasteiger partial charge on any atom is 0.119 e. The first-order valence-electron chi connectivity index (χ1n) is 5.97. The summed E-state index contributed by atoms with van der Waals surface area (Å²) in [6.07, 6.45) is 3.66. The Morgan fingerprint density at radius 3 is 2.71 bits per heavy atom. The maximum absolute atomic E-state index is 6.17. The molecule has 0 saturated heterocycles. The third-order valence-electron chi connectivity index (χ3n) is 3.72. The number of hydrogen-bond donors (Lipinski definition) is 0. The Kier molecular flexibility index (Phi) is 4.04. The second kappa shape index (κ2) is 5.19. The van der Waals surface area contributed by atoms with Crippen molar-refractivity contribution in [3.63, 3.8) is 0 Å². The number of hydrogen-bond acceptors (Lipinski definition) is 1. The number of halogens is 2. The lowest BCUT2D eigenvalue weighted by Crippen LogP contribution is -2.24. The minimum Gasteiger partial charge on any atom is -0.497 e. The molecule has 0 aromatic heterocycles. The van der Waals surface area contributed by atoms with E-state index in [1.165, 1.54) is 18.4 Å². The molecule has 1 aromatic rings. The van der Waals surface area contributed by atoms with Gasteiger partial charge in [-0.15, -0.1) is 11.6 Å². The monoisotopic (exact) mass is 316 g/mol. The second-order valence-electron chi connectivity index (χ2n) is 5.20. The van der Waals surface area contributed by atoms with E-state index in [2.05, 4.69) is 35.0 Å². The number of alkyl halides is 1. The van der Waals surface area contributed by atoms with Gasteiger partial charge in [0.1, 0.15) is 5.75 Å². The van der Waals surface area contributed by atoms with E-state index in [0.29, 0.717) is 0 Å². The highest BCUT2D eigenvalue weighted by atomic mass is 79.9. The first-order valence-corrected chi connectivity index (χ1v) is 7.30. The van der Waals surface area contributed by atoms with Crippen LogP contribution in [0.25, 0.3) is 0 Å². The van der Waals surface area contributed by atoms with Crippen molar-refractivity contribution in [2.24, 2.45) is 11.3 Å². The van der Waals surface area contributed by atoms with Crippen molar-refractivity contribution < 1.29 is 4.74 Å². The Hall–Kier alpha value is -0.210. The third kappa shape index (κ3) is 2.97. The molecule has 17 heavy (non-hydrogen) atoms. The summed E-state index contributed by atoms with van der Waals surface area (Å²) in [4.78, 5) is 0. The van der Waals surface area contributed by atoms with Gasteiger partial charge in [0.05, 0.1) is 7.11 Å². The molecule has 2 rings (SSSR count). The summed E-state index contributed by atoms with van der Waals surface area (Å²) in [6.45, 7) is 2.30. The van der Waals surface area contributed by atoms with E-state index in [9.17, 15) is 0 Å². The van der Waals surface area contributed by atoms with Gasteiger partial charge in [-0.05, 0) is 54.4 Å². The minimum atomic E-state index is 0.219. The van der Waals surface area contributed by atoms with Crippen molar-refractivity contribution in [2.75, 3.05) is 13.0 Å². The van der Waals surface area contributed by atoms with Crippen LogP contribution in [0.4, 0.5) is 0 Å². The van der Waals surface area contributed by atoms with E-state index in [1.54, 1.807) is 7.11 Å². The molecular formula is C14H18BrClO. The number of rotatable bonds is 5. The Morgan fingerprint density at radius 2 is 2.18 bits per heavy atom. The summed E-state index contributed by atoms with van der Waals surface area (Å²) < 4.78 is 6.43. The predicted molar refractivity (Wildman–Crippen MR) is 75.9 cm³/mol. The lowest BCUT2D eigenvalue weighted by molar-refractivity contribution is 0.312. The molecule has 0 aliphatic heterocycles. The fourth-order valence-electron chi connectivity index (χ4n) is 2.33. The molecule has 1 aliphatic carbocycles. The van der Waals surface area contributed by atoms with E-state index in [0.717, 1.165) is 28.4 Å². The molecule has 1 saturated carbocycles. The van der Waals surface area contributed by atoms with Crippen molar-refractivity contribution in [3.05, 3.63) is 28.2 Å². The van der Waals surface area contributed by atoms with Gasteiger partial charge in [0.15, 0.2) is 0 Å². The average molecular weight is 318 g/mol. The van der Waals surface area contributed by atoms with Gasteiger partial charge < -0.3 is 4.74 Å². The van der Waals surface area contributed by atoms with Gasteiger partial charge >= 0.3 is 0 Å². The van der Waals surface area contributed by atoms with Crippen molar-refractivity contribution >= 4 is 27.5 Å². The van der Waals surface area contributed by atoms with Crippen LogP contribution in [0.3, 0.4) is 0 Å². The largest absolute Gasteiger partial charge is 0.497 e. The highest BCUT2D eigenvalue weighted by Gasteiger charge is 2.41. The van der Waals surface area contributed by atoms with Crippen LogP contribution in [-0.2, 0) is 6.42 Å². The van der Waals surface area contributed by atoms with E-state index in [4.69, 9.17) is 16.3 Å². The van der Waals surface area contributed by atoms with Crippen molar-refractivity contribution in [2.45, 2.75) is 26.2 Å². The fourth-order valence-corrected chi connectivity index (χ4v) is 3.03. The quantitative estimate of drug-likeness (QED) is 0.718. The molecule has 0 radical (unpaired) electrons. The van der Waals surface area contributed by atoms with Gasteiger partial charge in [-0.3, -0.25) is 0 Å².